The Morgan fingerprint density at radius 3 is 2.47 bits per heavy atom. The van der Waals surface area contributed by atoms with E-state index in [4.69, 9.17) is 0 Å². The third-order valence-electron chi connectivity index (χ3n) is 3.71. The maximum Gasteiger partial charge on any atom is 0.220 e. The van der Waals surface area contributed by atoms with Crippen LogP contribution in [0.2, 0.25) is 0 Å². The number of amides is 1. The van der Waals surface area contributed by atoms with Crippen molar-refractivity contribution in [3.8, 4) is 0 Å². The average Bonchev–Trinajstić information content (AvgIpc) is 2.96. The molecule has 1 N–H and O–H groups in total. The number of carbonyl (C=O) groups is 1. The first-order valence-corrected chi connectivity index (χ1v) is 6.56. The van der Waals surface area contributed by atoms with Crippen LogP contribution >= 0.6 is 12.6 Å². The minimum Gasteiger partial charge on any atom is -0.353 e. The SMILES string of the molecule is CCC(C)C(C)NC(=O)CC1(CS)CC1. The second-order valence-electron chi connectivity index (χ2n) is 5.08. The van der Waals surface area contributed by atoms with E-state index in [-0.39, 0.29) is 11.3 Å². The molecule has 0 aromatic heterocycles. The van der Waals surface area contributed by atoms with Crippen molar-refractivity contribution in [1.82, 2.24) is 5.32 Å². The van der Waals surface area contributed by atoms with Gasteiger partial charge in [-0.15, -0.1) is 0 Å². The monoisotopic (exact) mass is 229 g/mol. The summed E-state index contributed by atoms with van der Waals surface area (Å²) in [6.07, 6.45) is 4.11. The predicted octanol–water partition coefficient (Wildman–Crippen LogP) is 2.64. The number of hydrogen-bond donors (Lipinski definition) is 2. The Kier molecular flexibility index (Phi) is 4.50. The fourth-order valence-electron chi connectivity index (χ4n) is 1.71. The smallest absolute Gasteiger partial charge is 0.220 e. The largest absolute Gasteiger partial charge is 0.353 e. The van der Waals surface area contributed by atoms with Crippen LogP contribution in [0.15, 0.2) is 0 Å². The Morgan fingerprint density at radius 2 is 2.07 bits per heavy atom. The zero-order valence-electron chi connectivity index (χ0n) is 10.0. The minimum atomic E-state index is 0.203. The zero-order chi connectivity index (χ0) is 11.5. The summed E-state index contributed by atoms with van der Waals surface area (Å²) >= 11 is 4.31. The van der Waals surface area contributed by atoms with Gasteiger partial charge in [-0.25, -0.2) is 0 Å². The molecule has 0 bridgehead atoms. The van der Waals surface area contributed by atoms with Crippen LogP contribution in [0.1, 0.15) is 46.5 Å². The van der Waals surface area contributed by atoms with E-state index in [1.165, 1.54) is 12.8 Å². The lowest BCUT2D eigenvalue weighted by Crippen LogP contribution is -2.38. The standard InChI is InChI=1S/C12H23NOS/c1-4-9(2)10(3)13-11(14)7-12(8-15)5-6-12/h9-10,15H,4-8H2,1-3H3,(H,13,14). The molecule has 0 spiro atoms. The number of carbonyl (C=O) groups excluding carboxylic acids is 1. The first-order valence-electron chi connectivity index (χ1n) is 5.93. The summed E-state index contributed by atoms with van der Waals surface area (Å²) in [7, 11) is 0. The fourth-order valence-corrected chi connectivity index (χ4v) is 2.14. The molecule has 0 heterocycles. The third-order valence-corrected chi connectivity index (χ3v) is 4.39. The van der Waals surface area contributed by atoms with E-state index < -0.39 is 0 Å². The van der Waals surface area contributed by atoms with Crippen molar-refractivity contribution in [2.45, 2.75) is 52.5 Å². The van der Waals surface area contributed by atoms with Crippen molar-refractivity contribution in [1.29, 1.82) is 0 Å². The van der Waals surface area contributed by atoms with Crippen molar-refractivity contribution in [2.24, 2.45) is 11.3 Å². The Labute approximate surface area is 98.6 Å². The molecule has 2 atom stereocenters. The summed E-state index contributed by atoms with van der Waals surface area (Å²) < 4.78 is 0. The number of thiol groups is 1. The number of hydrogen-bond acceptors (Lipinski definition) is 2. The van der Waals surface area contributed by atoms with Crippen LogP contribution in [-0.2, 0) is 4.79 Å². The van der Waals surface area contributed by atoms with Crippen LogP contribution in [0.3, 0.4) is 0 Å². The molecular formula is C12H23NOS. The summed E-state index contributed by atoms with van der Waals surface area (Å²) in [5, 5.41) is 3.09. The molecule has 1 aliphatic rings. The van der Waals surface area contributed by atoms with Gasteiger partial charge in [0.05, 0.1) is 0 Å². The van der Waals surface area contributed by atoms with Gasteiger partial charge in [-0.1, -0.05) is 20.3 Å². The Hall–Kier alpha value is -0.180. The molecule has 2 nitrogen and oxygen atoms in total. The highest BCUT2D eigenvalue weighted by molar-refractivity contribution is 7.80. The van der Waals surface area contributed by atoms with Gasteiger partial charge in [-0.05, 0) is 36.9 Å². The van der Waals surface area contributed by atoms with Gasteiger partial charge in [0.1, 0.15) is 0 Å². The molecule has 2 unspecified atom stereocenters. The van der Waals surface area contributed by atoms with E-state index in [1.54, 1.807) is 0 Å². The molecular weight excluding hydrogens is 206 g/mol. The third kappa shape index (κ3) is 3.71. The second kappa shape index (κ2) is 5.24. The highest BCUT2D eigenvalue weighted by atomic mass is 32.1. The van der Waals surface area contributed by atoms with Crippen molar-refractivity contribution in [2.75, 3.05) is 5.75 Å². The van der Waals surface area contributed by atoms with E-state index in [0.29, 0.717) is 18.4 Å². The zero-order valence-corrected chi connectivity index (χ0v) is 10.9. The average molecular weight is 229 g/mol. The molecule has 15 heavy (non-hydrogen) atoms. The second-order valence-corrected chi connectivity index (χ2v) is 5.39. The topological polar surface area (TPSA) is 29.1 Å². The van der Waals surface area contributed by atoms with Gasteiger partial charge in [-0.2, -0.15) is 12.6 Å². The quantitative estimate of drug-likeness (QED) is 0.674. The molecule has 0 aliphatic heterocycles. The highest BCUT2D eigenvalue weighted by Crippen LogP contribution is 2.49. The molecule has 3 heteroatoms. The van der Waals surface area contributed by atoms with Crippen LogP contribution in [0.25, 0.3) is 0 Å². The van der Waals surface area contributed by atoms with Gasteiger partial charge in [-0.3, -0.25) is 4.79 Å². The predicted molar refractivity (Wildman–Crippen MR) is 67.2 cm³/mol. The molecule has 88 valence electrons. The summed E-state index contributed by atoms with van der Waals surface area (Å²) in [6, 6.07) is 0.290. The normalized spacial score (nSPS) is 21.9. The summed E-state index contributed by atoms with van der Waals surface area (Å²) in [6.45, 7) is 6.42. The number of rotatable bonds is 6. The molecule has 0 saturated heterocycles. The van der Waals surface area contributed by atoms with Crippen LogP contribution in [0.4, 0.5) is 0 Å². The molecule has 1 fully saturated rings. The van der Waals surface area contributed by atoms with Gasteiger partial charge in [0.15, 0.2) is 0 Å². The first-order chi connectivity index (χ1) is 7.03. The first kappa shape index (κ1) is 12.9. The van der Waals surface area contributed by atoms with Gasteiger partial charge >= 0.3 is 0 Å². The van der Waals surface area contributed by atoms with Crippen LogP contribution in [0.5, 0.6) is 0 Å². The maximum atomic E-state index is 11.7. The molecule has 0 aromatic rings. The molecule has 1 aliphatic carbocycles. The molecule has 0 aromatic carbocycles. The van der Waals surface area contributed by atoms with Crippen molar-refractivity contribution in [3.05, 3.63) is 0 Å². The molecule has 1 amide bonds. The Balaban J connectivity index is 2.29. The van der Waals surface area contributed by atoms with Crippen molar-refractivity contribution in [3.63, 3.8) is 0 Å². The molecule has 1 saturated carbocycles. The summed E-state index contributed by atoms with van der Waals surface area (Å²) in [5.74, 6) is 1.60. The summed E-state index contributed by atoms with van der Waals surface area (Å²) in [4.78, 5) is 11.7. The van der Waals surface area contributed by atoms with E-state index in [2.05, 4.69) is 38.7 Å². The lowest BCUT2D eigenvalue weighted by Gasteiger charge is -2.21. The van der Waals surface area contributed by atoms with Gasteiger partial charge in [0.25, 0.3) is 0 Å². The lowest BCUT2D eigenvalue weighted by atomic mass is 9.99. The van der Waals surface area contributed by atoms with Crippen molar-refractivity contribution >= 4 is 18.5 Å². The van der Waals surface area contributed by atoms with E-state index in [1.807, 2.05) is 0 Å². The van der Waals surface area contributed by atoms with Crippen LogP contribution < -0.4 is 5.32 Å². The van der Waals surface area contributed by atoms with E-state index >= 15 is 0 Å². The van der Waals surface area contributed by atoms with Crippen molar-refractivity contribution < 1.29 is 4.79 Å². The number of nitrogens with one attached hydrogen (secondary N) is 1. The van der Waals surface area contributed by atoms with Crippen LogP contribution in [-0.4, -0.2) is 17.7 Å². The van der Waals surface area contributed by atoms with Gasteiger partial charge < -0.3 is 5.32 Å². The minimum absolute atomic E-state index is 0.203. The molecule has 1 rings (SSSR count). The Morgan fingerprint density at radius 1 is 1.47 bits per heavy atom. The molecule has 0 radical (unpaired) electrons. The van der Waals surface area contributed by atoms with Gasteiger partial charge in [0, 0.05) is 12.5 Å². The van der Waals surface area contributed by atoms with E-state index in [0.717, 1.165) is 12.2 Å². The van der Waals surface area contributed by atoms with Gasteiger partial charge in [0.2, 0.25) is 5.91 Å². The lowest BCUT2D eigenvalue weighted by molar-refractivity contribution is -0.123. The van der Waals surface area contributed by atoms with E-state index in [9.17, 15) is 4.79 Å². The van der Waals surface area contributed by atoms with Crippen LogP contribution in [0, 0.1) is 11.3 Å². The fraction of sp³-hybridized carbons (Fsp3) is 0.917. The Bertz CT molecular complexity index is 226. The maximum absolute atomic E-state index is 11.7. The summed E-state index contributed by atoms with van der Waals surface area (Å²) in [5.41, 5.74) is 0.238. The highest BCUT2D eigenvalue weighted by Gasteiger charge is 2.42.